The van der Waals surface area contributed by atoms with Crippen LogP contribution < -0.4 is 16.2 Å². The molecule has 3 N–H and O–H groups in total. The van der Waals surface area contributed by atoms with E-state index in [1.807, 2.05) is 7.05 Å². The lowest BCUT2D eigenvalue weighted by molar-refractivity contribution is -0.121. The number of aliphatic hydroxyl groups excluding tert-OH is 1. The topological polar surface area (TPSA) is 105 Å². The van der Waals surface area contributed by atoms with Gasteiger partial charge in [0.05, 0.1) is 42.2 Å². The molecule has 0 bridgehead atoms. The molecule has 1 amide bonds. The first-order valence-electron chi connectivity index (χ1n) is 12.4. The number of hydrogen-bond donors (Lipinski definition) is 3. The van der Waals surface area contributed by atoms with Crippen molar-refractivity contribution in [2.75, 3.05) is 26.5 Å². The number of thioether (sulfide) groups is 1. The minimum Gasteiger partial charge on any atom is -0.389 e. The number of aromatic nitrogens is 2. The van der Waals surface area contributed by atoms with Crippen molar-refractivity contribution < 1.29 is 19.0 Å². The summed E-state index contributed by atoms with van der Waals surface area (Å²) in [5, 5.41) is 17.5. The SMILES string of the molecule is CNCCCC(=O)NC1CSc2c(C)c(F)cc3nc4c(c1c23)Cn1c-4cc(C(C)O)c(COC)c1=O. The minimum atomic E-state index is -0.876. The fourth-order valence-corrected chi connectivity index (χ4v) is 6.66. The van der Waals surface area contributed by atoms with E-state index in [4.69, 9.17) is 9.72 Å². The third kappa shape index (κ3) is 4.35. The van der Waals surface area contributed by atoms with Crippen LogP contribution in [0.5, 0.6) is 0 Å². The molecule has 196 valence electrons. The van der Waals surface area contributed by atoms with Crippen LogP contribution in [-0.2, 0) is 22.7 Å². The summed E-state index contributed by atoms with van der Waals surface area (Å²) in [6.07, 6.45) is 0.239. The summed E-state index contributed by atoms with van der Waals surface area (Å²) in [5.41, 5.74) is 4.61. The molecule has 1 aromatic carbocycles. The summed E-state index contributed by atoms with van der Waals surface area (Å²) in [7, 11) is 3.36. The van der Waals surface area contributed by atoms with Crippen molar-refractivity contribution in [3.63, 3.8) is 0 Å². The molecule has 0 fully saturated rings. The Morgan fingerprint density at radius 3 is 2.89 bits per heavy atom. The Kier molecular flexibility index (Phi) is 7.10. The summed E-state index contributed by atoms with van der Waals surface area (Å²) >= 11 is 1.52. The smallest absolute Gasteiger partial charge is 0.257 e. The van der Waals surface area contributed by atoms with E-state index in [0.717, 1.165) is 34.4 Å². The van der Waals surface area contributed by atoms with Gasteiger partial charge in [-0.2, -0.15) is 0 Å². The number of pyridine rings is 2. The Labute approximate surface area is 218 Å². The number of carbonyl (C=O) groups is 1. The molecule has 3 aromatic rings. The first-order chi connectivity index (χ1) is 17.8. The molecule has 37 heavy (non-hydrogen) atoms. The Morgan fingerprint density at radius 2 is 2.19 bits per heavy atom. The minimum absolute atomic E-state index is 0.0479. The number of aliphatic hydroxyl groups is 1. The third-order valence-corrected chi connectivity index (χ3v) is 8.50. The maximum Gasteiger partial charge on any atom is 0.257 e. The Balaban J connectivity index is 1.71. The van der Waals surface area contributed by atoms with E-state index in [0.29, 0.717) is 45.8 Å². The van der Waals surface area contributed by atoms with E-state index in [9.17, 15) is 19.1 Å². The average Bonchev–Trinajstić information content (AvgIpc) is 3.23. The summed E-state index contributed by atoms with van der Waals surface area (Å²) in [6.45, 7) is 4.48. The molecular formula is C27H31FN4O4S. The van der Waals surface area contributed by atoms with Gasteiger partial charge in [-0.15, -0.1) is 11.8 Å². The first-order valence-corrected chi connectivity index (χ1v) is 13.4. The second kappa shape index (κ2) is 10.2. The summed E-state index contributed by atoms with van der Waals surface area (Å²) in [6, 6.07) is 2.92. The van der Waals surface area contributed by atoms with E-state index in [2.05, 4.69) is 10.6 Å². The van der Waals surface area contributed by atoms with Crippen LogP contribution in [0.4, 0.5) is 4.39 Å². The number of fused-ring (bicyclic) bond motifs is 4. The van der Waals surface area contributed by atoms with Crippen LogP contribution in [0.3, 0.4) is 0 Å². The molecule has 0 spiro atoms. The molecule has 4 heterocycles. The molecule has 2 aromatic heterocycles. The predicted octanol–water partition coefficient (Wildman–Crippen LogP) is 3.34. The molecule has 0 saturated carbocycles. The summed E-state index contributed by atoms with van der Waals surface area (Å²) in [5.74, 6) is 0.173. The quantitative estimate of drug-likeness (QED) is 0.303. The molecule has 10 heteroatoms. The van der Waals surface area contributed by atoms with E-state index in [1.165, 1.54) is 24.9 Å². The summed E-state index contributed by atoms with van der Waals surface area (Å²) < 4.78 is 21.8. The molecule has 2 atom stereocenters. The van der Waals surface area contributed by atoms with Crippen molar-refractivity contribution in [2.45, 2.75) is 56.9 Å². The van der Waals surface area contributed by atoms with Crippen LogP contribution in [0.25, 0.3) is 22.3 Å². The number of nitrogens with zero attached hydrogens (tertiary/aromatic N) is 2. The molecule has 5 rings (SSSR count). The van der Waals surface area contributed by atoms with Gasteiger partial charge in [-0.1, -0.05) is 0 Å². The number of methoxy groups -OCH3 is 1. The standard InChI is InChI=1S/C27H31FN4O4S/c1-13-18(28)9-19-24-23(20(12-37-26(13)24)30-22(34)6-5-7-29-3)16-10-32-21(25(16)31-19)8-15(14(2)33)17(11-36-4)27(32)35/h8-9,14,20,29,33H,5-7,10-12H2,1-4H3,(H,30,34). The molecule has 2 unspecified atom stereocenters. The van der Waals surface area contributed by atoms with Crippen molar-refractivity contribution in [3.05, 3.63) is 56.1 Å². The highest BCUT2D eigenvalue weighted by Gasteiger charge is 2.35. The fourth-order valence-electron chi connectivity index (χ4n) is 5.40. The maximum absolute atomic E-state index is 14.9. The largest absolute Gasteiger partial charge is 0.389 e. The van der Waals surface area contributed by atoms with Gasteiger partial charge in [-0.25, -0.2) is 9.37 Å². The van der Waals surface area contributed by atoms with Gasteiger partial charge in [0.25, 0.3) is 5.56 Å². The van der Waals surface area contributed by atoms with E-state index in [1.54, 1.807) is 24.5 Å². The number of ether oxygens (including phenoxy) is 1. The van der Waals surface area contributed by atoms with Crippen LogP contribution in [0.2, 0.25) is 0 Å². The lowest BCUT2D eigenvalue weighted by Gasteiger charge is -2.29. The molecule has 2 aliphatic heterocycles. The predicted molar refractivity (Wildman–Crippen MR) is 141 cm³/mol. The Hall–Kier alpha value is -2.79. The molecule has 0 aliphatic carbocycles. The number of halogens is 1. The van der Waals surface area contributed by atoms with Crippen molar-refractivity contribution in [2.24, 2.45) is 0 Å². The van der Waals surface area contributed by atoms with Crippen LogP contribution in [-0.4, -0.2) is 47.0 Å². The molecule has 2 aliphatic rings. The number of hydrogen-bond acceptors (Lipinski definition) is 7. The highest BCUT2D eigenvalue weighted by atomic mass is 32.2. The number of carbonyl (C=O) groups excluding carboxylic acids is 1. The zero-order valence-corrected chi connectivity index (χ0v) is 22.2. The highest BCUT2D eigenvalue weighted by Crippen LogP contribution is 2.47. The van der Waals surface area contributed by atoms with E-state index < -0.39 is 6.10 Å². The van der Waals surface area contributed by atoms with E-state index >= 15 is 0 Å². The number of nitrogens with one attached hydrogen (secondary N) is 2. The average molecular weight is 527 g/mol. The second-order valence-corrected chi connectivity index (χ2v) is 10.7. The van der Waals surface area contributed by atoms with Crippen LogP contribution in [0, 0.1) is 12.7 Å². The lowest BCUT2D eigenvalue weighted by Crippen LogP contribution is -2.33. The fraction of sp³-hybridized carbons (Fsp3) is 0.444. The van der Waals surface area contributed by atoms with Gasteiger partial charge in [-0.05, 0) is 56.6 Å². The number of benzene rings is 1. The van der Waals surface area contributed by atoms with Gasteiger partial charge in [0, 0.05) is 46.8 Å². The molecule has 0 saturated heterocycles. The monoisotopic (exact) mass is 526 g/mol. The van der Waals surface area contributed by atoms with Crippen molar-refractivity contribution in [1.82, 2.24) is 20.2 Å². The highest BCUT2D eigenvalue weighted by molar-refractivity contribution is 7.99. The zero-order valence-electron chi connectivity index (χ0n) is 21.4. The van der Waals surface area contributed by atoms with Gasteiger partial charge < -0.3 is 25.0 Å². The van der Waals surface area contributed by atoms with Gasteiger partial charge in [0.1, 0.15) is 5.82 Å². The third-order valence-electron chi connectivity index (χ3n) is 7.20. The summed E-state index contributed by atoms with van der Waals surface area (Å²) in [4.78, 5) is 32.0. The lowest BCUT2D eigenvalue weighted by atomic mass is 9.93. The Morgan fingerprint density at radius 1 is 1.41 bits per heavy atom. The van der Waals surface area contributed by atoms with Crippen molar-refractivity contribution in [1.29, 1.82) is 0 Å². The molecule has 0 radical (unpaired) electrons. The molecular weight excluding hydrogens is 495 g/mol. The molecule has 8 nitrogen and oxygen atoms in total. The first kappa shape index (κ1) is 25.8. The van der Waals surface area contributed by atoms with Crippen LogP contribution in [0.1, 0.15) is 59.7 Å². The van der Waals surface area contributed by atoms with Gasteiger partial charge in [0.15, 0.2) is 0 Å². The van der Waals surface area contributed by atoms with Crippen LogP contribution in [0.15, 0.2) is 21.8 Å². The van der Waals surface area contributed by atoms with Gasteiger partial charge >= 0.3 is 0 Å². The van der Waals surface area contributed by atoms with Crippen LogP contribution >= 0.6 is 11.8 Å². The maximum atomic E-state index is 14.9. The van der Waals surface area contributed by atoms with Gasteiger partial charge in [-0.3, -0.25) is 9.59 Å². The van der Waals surface area contributed by atoms with Crippen molar-refractivity contribution in [3.8, 4) is 11.4 Å². The number of amides is 1. The number of rotatable bonds is 8. The second-order valence-electron chi connectivity index (χ2n) is 9.66. The normalized spacial score (nSPS) is 16.5. The Bertz CT molecular complexity index is 1470. The zero-order chi connectivity index (χ0) is 26.4. The van der Waals surface area contributed by atoms with E-state index in [-0.39, 0.29) is 36.5 Å². The van der Waals surface area contributed by atoms with Gasteiger partial charge in [0.2, 0.25) is 5.91 Å². The van der Waals surface area contributed by atoms with Crippen molar-refractivity contribution >= 4 is 28.6 Å².